The Kier molecular flexibility index (Phi) is 7.38. The van der Waals surface area contributed by atoms with E-state index in [1.807, 2.05) is 37.3 Å². The van der Waals surface area contributed by atoms with E-state index in [2.05, 4.69) is 17.4 Å². The minimum Gasteiger partial charge on any atom is -0.360 e. The molecule has 26 heavy (non-hydrogen) atoms. The van der Waals surface area contributed by atoms with Crippen LogP contribution in [0.1, 0.15) is 50.4 Å². The maximum absolute atomic E-state index is 13.1. The molecule has 1 N–H and O–H groups in total. The summed E-state index contributed by atoms with van der Waals surface area (Å²) in [4.78, 5) is 27.1. The van der Waals surface area contributed by atoms with Gasteiger partial charge in [-0.05, 0) is 25.3 Å². The summed E-state index contributed by atoms with van der Waals surface area (Å²) in [5.41, 5.74) is 0.981. The number of benzene rings is 1. The maximum atomic E-state index is 13.1. The van der Waals surface area contributed by atoms with E-state index in [1.54, 1.807) is 17.9 Å². The van der Waals surface area contributed by atoms with Crippen LogP contribution in [0.2, 0.25) is 0 Å². The molecule has 6 nitrogen and oxygen atoms in total. The molecule has 0 bridgehead atoms. The number of hydrogen-bond acceptors (Lipinski definition) is 4. The molecule has 0 aliphatic carbocycles. The molecule has 6 heteroatoms. The lowest BCUT2D eigenvalue weighted by molar-refractivity contribution is -0.136. The third-order valence-corrected chi connectivity index (χ3v) is 4.23. The van der Waals surface area contributed by atoms with Crippen LogP contribution in [0.25, 0.3) is 0 Å². The van der Waals surface area contributed by atoms with Gasteiger partial charge in [-0.3, -0.25) is 9.59 Å². The molecule has 2 rings (SSSR count). The van der Waals surface area contributed by atoms with Gasteiger partial charge in [0.05, 0.1) is 12.5 Å². The lowest BCUT2D eigenvalue weighted by Gasteiger charge is -2.26. The van der Waals surface area contributed by atoms with Crippen LogP contribution in [-0.4, -0.2) is 35.0 Å². The summed E-state index contributed by atoms with van der Waals surface area (Å²) in [6, 6.07) is 11.4. The maximum Gasteiger partial charge on any atom is 0.245 e. The Morgan fingerprint density at radius 2 is 1.96 bits per heavy atom. The predicted octanol–water partition coefficient (Wildman–Crippen LogP) is 3.74. The van der Waals surface area contributed by atoms with Gasteiger partial charge in [-0.15, -0.1) is 0 Å². The first-order valence-corrected chi connectivity index (χ1v) is 9.12. The largest absolute Gasteiger partial charge is 0.360 e. The molecule has 0 saturated carbocycles. The van der Waals surface area contributed by atoms with Gasteiger partial charge >= 0.3 is 0 Å². The summed E-state index contributed by atoms with van der Waals surface area (Å²) in [5, 5.41) is 6.44. The van der Waals surface area contributed by atoms with Crippen molar-refractivity contribution < 1.29 is 14.1 Å². The zero-order valence-corrected chi connectivity index (χ0v) is 15.7. The quantitative estimate of drug-likeness (QED) is 0.742. The third kappa shape index (κ3) is 5.44. The van der Waals surface area contributed by atoms with E-state index >= 15 is 0 Å². The Labute approximate surface area is 154 Å². The SMILES string of the molecule is CCCCN(CC(=O)Nc1cc(C)on1)C(=O)[C@@H](CC)c1ccccc1. The van der Waals surface area contributed by atoms with E-state index in [9.17, 15) is 9.59 Å². The van der Waals surface area contributed by atoms with E-state index in [1.165, 1.54) is 0 Å². The highest BCUT2D eigenvalue weighted by atomic mass is 16.5. The van der Waals surface area contributed by atoms with E-state index < -0.39 is 0 Å². The number of aromatic nitrogens is 1. The van der Waals surface area contributed by atoms with Crippen LogP contribution < -0.4 is 5.32 Å². The summed E-state index contributed by atoms with van der Waals surface area (Å²) in [6.07, 6.45) is 2.50. The molecule has 1 atom stereocenters. The standard InChI is InChI=1S/C20H27N3O3/c1-4-6-12-23(14-19(24)21-18-13-15(3)26-22-18)20(25)17(5-2)16-10-8-7-9-11-16/h7-11,13,17H,4-6,12,14H2,1-3H3,(H,21,22,24)/t17-/m0/s1. The highest BCUT2D eigenvalue weighted by Gasteiger charge is 2.25. The molecule has 1 aromatic carbocycles. The van der Waals surface area contributed by atoms with Gasteiger partial charge in [0.25, 0.3) is 0 Å². The monoisotopic (exact) mass is 357 g/mol. The van der Waals surface area contributed by atoms with Gasteiger partial charge in [-0.2, -0.15) is 0 Å². The Morgan fingerprint density at radius 3 is 2.54 bits per heavy atom. The highest BCUT2D eigenvalue weighted by molar-refractivity contribution is 5.95. The number of carbonyl (C=O) groups is 2. The van der Waals surface area contributed by atoms with Gasteiger partial charge in [-0.1, -0.05) is 55.8 Å². The molecule has 140 valence electrons. The molecule has 1 heterocycles. The van der Waals surface area contributed by atoms with Crippen molar-refractivity contribution >= 4 is 17.6 Å². The molecule has 1 aromatic heterocycles. The molecule has 0 aliphatic rings. The molecule has 2 aromatic rings. The lowest BCUT2D eigenvalue weighted by Crippen LogP contribution is -2.41. The van der Waals surface area contributed by atoms with Gasteiger partial charge in [0, 0.05) is 12.6 Å². The smallest absolute Gasteiger partial charge is 0.245 e. The van der Waals surface area contributed by atoms with Gasteiger partial charge in [0.2, 0.25) is 11.8 Å². The second kappa shape index (κ2) is 9.75. The highest BCUT2D eigenvalue weighted by Crippen LogP contribution is 2.22. The molecular formula is C20H27N3O3. The fourth-order valence-corrected chi connectivity index (χ4v) is 2.86. The third-order valence-electron chi connectivity index (χ3n) is 4.23. The number of unbranched alkanes of at least 4 members (excludes halogenated alkanes) is 1. The first-order chi connectivity index (χ1) is 12.5. The average molecular weight is 357 g/mol. The van der Waals surface area contributed by atoms with Crippen LogP contribution in [0.4, 0.5) is 5.82 Å². The first-order valence-electron chi connectivity index (χ1n) is 9.12. The zero-order valence-electron chi connectivity index (χ0n) is 15.7. The minimum atomic E-state index is -0.273. The Balaban J connectivity index is 2.09. The van der Waals surface area contributed by atoms with Gasteiger partial charge < -0.3 is 14.7 Å². The van der Waals surface area contributed by atoms with Crippen molar-refractivity contribution in [2.24, 2.45) is 0 Å². The van der Waals surface area contributed by atoms with E-state index in [-0.39, 0.29) is 24.3 Å². The second-order valence-electron chi connectivity index (χ2n) is 6.36. The summed E-state index contributed by atoms with van der Waals surface area (Å²) < 4.78 is 4.95. The van der Waals surface area contributed by atoms with Crippen LogP contribution in [0.3, 0.4) is 0 Å². The van der Waals surface area contributed by atoms with Crippen molar-refractivity contribution in [2.75, 3.05) is 18.4 Å². The van der Waals surface area contributed by atoms with Gasteiger partial charge in [0.1, 0.15) is 5.76 Å². The van der Waals surface area contributed by atoms with Gasteiger partial charge in [0.15, 0.2) is 5.82 Å². The van der Waals surface area contributed by atoms with Crippen LogP contribution >= 0.6 is 0 Å². The topological polar surface area (TPSA) is 75.4 Å². The fourth-order valence-electron chi connectivity index (χ4n) is 2.86. The molecule has 0 saturated heterocycles. The number of amides is 2. The Bertz CT molecular complexity index is 712. The summed E-state index contributed by atoms with van der Waals surface area (Å²) in [5.74, 6) is 0.458. The summed E-state index contributed by atoms with van der Waals surface area (Å²) in [7, 11) is 0. The van der Waals surface area contributed by atoms with Crippen molar-refractivity contribution in [1.29, 1.82) is 0 Å². The second-order valence-corrected chi connectivity index (χ2v) is 6.36. The molecule has 0 radical (unpaired) electrons. The Hall–Kier alpha value is -2.63. The van der Waals surface area contributed by atoms with Crippen molar-refractivity contribution in [3.63, 3.8) is 0 Å². The first kappa shape index (κ1) is 19.7. The normalized spacial score (nSPS) is 11.8. The number of nitrogens with zero attached hydrogens (tertiary/aromatic N) is 2. The van der Waals surface area contributed by atoms with Crippen LogP contribution in [0.5, 0.6) is 0 Å². The predicted molar refractivity (Wildman–Crippen MR) is 101 cm³/mol. The van der Waals surface area contributed by atoms with E-state index in [0.29, 0.717) is 24.5 Å². The fraction of sp³-hybridized carbons (Fsp3) is 0.450. The Morgan fingerprint density at radius 1 is 1.23 bits per heavy atom. The van der Waals surface area contributed by atoms with Crippen LogP contribution in [0, 0.1) is 6.92 Å². The molecular weight excluding hydrogens is 330 g/mol. The molecule has 0 spiro atoms. The summed E-state index contributed by atoms with van der Waals surface area (Å²) >= 11 is 0. The van der Waals surface area contributed by atoms with Crippen molar-refractivity contribution in [2.45, 2.75) is 46.0 Å². The molecule has 2 amide bonds. The number of nitrogens with one attached hydrogen (secondary N) is 1. The lowest BCUT2D eigenvalue weighted by atomic mass is 9.95. The zero-order chi connectivity index (χ0) is 18.9. The van der Waals surface area contributed by atoms with E-state index in [0.717, 1.165) is 18.4 Å². The van der Waals surface area contributed by atoms with Crippen molar-refractivity contribution in [1.82, 2.24) is 10.1 Å². The van der Waals surface area contributed by atoms with Crippen LogP contribution in [-0.2, 0) is 9.59 Å². The van der Waals surface area contributed by atoms with Crippen LogP contribution in [0.15, 0.2) is 40.9 Å². The molecule has 0 aliphatic heterocycles. The number of hydrogen-bond donors (Lipinski definition) is 1. The van der Waals surface area contributed by atoms with E-state index in [4.69, 9.17) is 4.52 Å². The number of aryl methyl sites for hydroxylation is 1. The minimum absolute atomic E-state index is 0.00801. The van der Waals surface area contributed by atoms with Crippen molar-refractivity contribution in [3.05, 3.63) is 47.7 Å². The molecule has 0 fully saturated rings. The van der Waals surface area contributed by atoms with Gasteiger partial charge in [-0.25, -0.2) is 0 Å². The summed E-state index contributed by atoms with van der Waals surface area (Å²) in [6.45, 7) is 6.38. The average Bonchev–Trinajstić information content (AvgIpc) is 3.04. The number of rotatable bonds is 9. The number of carbonyl (C=O) groups excluding carboxylic acids is 2. The number of anilines is 1. The molecule has 0 unspecified atom stereocenters. The van der Waals surface area contributed by atoms with Crippen molar-refractivity contribution in [3.8, 4) is 0 Å².